The predicted molar refractivity (Wildman–Crippen MR) is 98.5 cm³/mol. The molecule has 0 radical (unpaired) electrons. The summed E-state index contributed by atoms with van der Waals surface area (Å²) in [5.74, 6) is -0.0776. The van der Waals surface area contributed by atoms with Crippen LogP contribution in [0.5, 0.6) is 5.75 Å². The second-order valence-corrected chi connectivity index (χ2v) is 6.75. The minimum Gasteiger partial charge on any atom is -0.486 e. The molecule has 0 saturated heterocycles. The van der Waals surface area contributed by atoms with Crippen LogP contribution < -0.4 is 21.1 Å². The number of anilines is 1. The molecule has 1 atom stereocenters. The summed E-state index contributed by atoms with van der Waals surface area (Å²) in [6.07, 6.45) is 0. The fraction of sp³-hybridized carbons (Fsp3) is 0.529. The third kappa shape index (κ3) is 7.66. The van der Waals surface area contributed by atoms with Gasteiger partial charge in [0, 0.05) is 0 Å². The molecule has 0 unspecified atom stereocenters. The van der Waals surface area contributed by atoms with Gasteiger partial charge in [0.05, 0.1) is 18.3 Å². The molecular formula is C17H28ClN3O3. The SMILES string of the molecule is CC(C)[C@H](N)C(=O)NCC(=O)Nc1ccccc1OC(C)(C)C.Cl. The van der Waals surface area contributed by atoms with Crippen LogP contribution in [0.2, 0.25) is 0 Å². The molecular weight excluding hydrogens is 330 g/mol. The Kier molecular flexibility index (Phi) is 8.78. The largest absolute Gasteiger partial charge is 0.486 e. The molecule has 0 aliphatic heterocycles. The third-order valence-corrected chi connectivity index (χ3v) is 3.02. The molecule has 0 spiro atoms. The van der Waals surface area contributed by atoms with Gasteiger partial charge in [0.15, 0.2) is 0 Å². The lowest BCUT2D eigenvalue weighted by Gasteiger charge is -2.23. The molecule has 0 saturated carbocycles. The zero-order valence-corrected chi connectivity index (χ0v) is 15.7. The summed E-state index contributed by atoms with van der Waals surface area (Å²) in [6.45, 7) is 9.36. The lowest BCUT2D eigenvalue weighted by Crippen LogP contribution is -2.46. The van der Waals surface area contributed by atoms with Crippen molar-refractivity contribution in [3.8, 4) is 5.75 Å². The number of rotatable bonds is 6. The van der Waals surface area contributed by atoms with Crippen molar-refractivity contribution in [1.82, 2.24) is 5.32 Å². The van der Waals surface area contributed by atoms with Crippen molar-refractivity contribution in [2.45, 2.75) is 46.3 Å². The van der Waals surface area contributed by atoms with Crippen molar-refractivity contribution in [3.05, 3.63) is 24.3 Å². The van der Waals surface area contributed by atoms with Crippen molar-refractivity contribution >= 4 is 29.9 Å². The Morgan fingerprint density at radius 1 is 1.21 bits per heavy atom. The summed E-state index contributed by atoms with van der Waals surface area (Å²) >= 11 is 0. The second kappa shape index (κ2) is 9.49. The highest BCUT2D eigenvalue weighted by atomic mass is 35.5. The van der Waals surface area contributed by atoms with Crippen LogP contribution in [0.4, 0.5) is 5.69 Å². The Labute approximate surface area is 149 Å². The Hall–Kier alpha value is -1.79. The molecule has 0 aromatic heterocycles. The van der Waals surface area contributed by atoms with Crippen LogP contribution in [-0.2, 0) is 9.59 Å². The number of benzene rings is 1. The number of amides is 2. The molecule has 4 N–H and O–H groups in total. The van der Waals surface area contributed by atoms with Gasteiger partial charge < -0.3 is 21.1 Å². The standard InChI is InChI=1S/C17H27N3O3.ClH/c1-11(2)15(18)16(22)19-10-14(21)20-12-8-6-7-9-13(12)23-17(3,4)5;/h6-9,11,15H,10,18H2,1-5H3,(H,19,22)(H,20,21);1H/t15-;/m0./s1. The topological polar surface area (TPSA) is 93.5 Å². The molecule has 1 rings (SSSR count). The predicted octanol–water partition coefficient (Wildman–Crippen LogP) is 2.32. The molecule has 0 fully saturated rings. The minimum atomic E-state index is -0.626. The van der Waals surface area contributed by atoms with Crippen LogP contribution in [0.3, 0.4) is 0 Å². The zero-order chi connectivity index (χ0) is 17.6. The summed E-state index contributed by atoms with van der Waals surface area (Å²) in [5.41, 5.74) is 5.92. The van der Waals surface area contributed by atoms with Crippen molar-refractivity contribution in [2.24, 2.45) is 11.7 Å². The van der Waals surface area contributed by atoms with Crippen LogP contribution in [0.1, 0.15) is 34.6 Å². The van der Waals surface area contributed by atoms with E-state index in [4.69, 9.17) is 10.5 Å². The summed E-state index contributed by atoms with van der Waals surface area (Å²) < 4.78 is 5.81. The first-order chi connectivity index (χ1) is 10.6. The molecule has 0 bridgehead atoms. The molecule has 7 heteroatoms. The van der Waals surface area contributed by atoms with E-state index in [0.29, 0.717) is 11.4 Å². The lowest BCUT2D eigenvalue weighted by atomic mass is 10.1. The number of carbonyl (C=O) groups is 2. The van der Waals surface area contributed by atoms with E-state index in [1.54, 1.807) is 18.2 Å². The average molecular weight is 358 g/mol. The normalized spacial score (nSPS) is 12.1. The molecule has 24 heavy (non-hydrogen) atoms. The minimum absolute atomic E-state index is 0. The maximum Gasteiger partial charge on any atom is 0.243 e. The van der Waals surface area contributed by atoms with E-state index >= 15 is 0 Å². The maximum absolute atomic E-state index is 12.0. The molecule has 6 nitrogen and oxygen atoms in total. The number of halogens is 1. The summed E-state index contributed by atoms with van der Waals surface area (Å²) in [4.78, 5) is 23.8. The number of nitrogens with two attached hydrogens (primary N) is 1. The fourth-order valence-electron chi connectivity index (χ4n) is 1.77. The first-order valence-electron chi connectivity index (χ1n) is 7.71. The van der Waals surface area contributed by atoms with Crippen LogP contribution >= 0.6 is 12.4 Å². The van der Waals surface area contributed by atoms with E-state index in [2.05, 4.69) is 10.6 Å². The van der Waals surface area contributed by atoms with Gasteiger partial charge in [-0.1, -0.05) is 26.0 Å². The van der Waals surface area contributed by atoms with Gasteiger partial charge in [-0.2, -0.15) is 0 Å². The molecule has 1 aromatic rings. The Morgan fingerprint density at radius 3 is 2.33 bits per heavy atom. The molecule has 0 aliphatic rings. The van der Waals surface area contributed by atoms with Crippen LogP contribution in [0.15, 0.2) is 24.3 Å². The molecule has 0 heterocycles. The zero-order valence-electron chi connectivity index (χ0n) is 14.9. The van der Waals surface area contributed by atoms with Crippen molar-refractivity contribution < 1.29 is 14.3 Å². The monoisotopic (exact) mass is 357 g/mol. The summed E-state index contributed by atoms with van der Waals surface area (Å²) in [6, 6.07) is 6.55. The number of para-hydroxylation sites is 2. The van der Waals surface area contributed by atoms with E-state index in [-0.39, 0.29) is 42.3 Å². The Balaban J connectivity index is 0.00000529. The van der Waals surface area contributed by atoms with Crippen molar-refractivity contribution in [3.63, 3.8) is 0 Å². The Morgan fingerprint density at radius 2 is 1.79 bits per heavy atom. The van der Waals surface area contributed by atoms with E-state index in [1.807, 2.05) is 40.7 Å². The van der Waals surface area contributed by atoms with Gasteiger partial charge in [-0.3, -0.25) is 9.59 Å². The highest BCUT2D eigenvalue weighted by Crippen LogP contribution is 2.27. The number of hydrogen-bond acceptors (Lipinski definition) is 4. The number of ether oxygens (including phenoxy) is 1. The van der Waals surface area contributed by atoms with Crippen LogP contribution in [0, 0.1) is 5.92 Å². The van der Waals surface area contributed by atoms with E-state index in [9.17, 15) is 9.59 Å². The van der Waals surface area contributed by atoms with Gasteiger partial charge in [0.25, 0.3) is 0 Å². The van der Waals surface area contributed by atoms with Crippen LogP contribution in [0.25, 0.3) is 0 Å². The van der Waals surface area contributed by atoms with E-state index < -0.39 is 6.04 Å². The summed E-state index contributed by atoms with van der Waals surface area (Å²) in [5, 5.41) is 5.27. The first kappa shape index (κ1) is 22.2. The van der Waals surface area contributed by atoms with Crippen molar-refractivity contribution in [2.75, 3.05) is 11.9 Å². The first-order valence-corrected chi connectivity index (χ1v) is 7.71. The maximum atomic E-state index is 12.0. The summed E-state index contributed by atoms with van der Waals surface area (Å²) in [7, 11) is 0. The van der Waals surface area contributed by atoms with Crippen molar-refractivity contribution in [1.29, 1.82) is 0 Å². The van der Waals surface area contributed by atoms with Gasteiger partial charge in [0.1, 0.15) is 11.4 Å². The highest BCUT2D eigenvalue weighted by Gasteiger charge is 2.19. The number of hydrogen-bond donors (Lipinski definition) is 3. The second-order valence-electron chi connectivity index (χ2n) is 6.75. The van der Waals surface area contributed by atoms with E-state index in [1.165, 1.54) is 0 Å². The molecule has 0 aliphatic carbocycles. The molecule has 1 aromatic carbocycles. The van der Waals surface area contributed by atoms with Gasteiger partial charge in [0.2, 0.25) is 11.8 Å². The smallest absolute Gasteiger partial charge is 0.243 e. The van der Waals surface area contributed by atoms with E-state index in [0.717, 1.165) is 0 Å². The fourth-order valence-corrected chi connectivity index (χ4v) is 1.77. The number of carbonyl (C=O) groups excluding carboxylic acids is 2. The van der Waals surface area contributed by atoms with Gasteiger partial charge in [-0.25, -0.2) is 0 Å². The van der Waals surface area contributed by atoms with Crippen LogP contribution in [-0.4, -0.2) is 30.0 Å². The third-order valence-electron chi connectivity index (χ3n) is 3.02. The average Bonchev–Trinajstić information content (AvgIpc) is 2.44. The van der Waals surface area contributed by atoms with Gasteiger partial charge in [-0.05, 0) is 38.8 Å². The number of nitrogens with one attached hydrogen (secondary N) is 2. The quantitative estimate of drug-likeness (QED) is 0.728. The molecule has 136 valence electrons. The lowest BCUT2D eigenvalue weighted by molar-refractivity contribution is -0.125. The Bertz CT molecular complexity index is 556. The highest BCUT2D eigenvalue weighted by molar-refractivity contribution is 5.96. The van der Waals surface area contributed by atoms with Gasteiger partial charge >= 0.3 is 0 Å². The molecule has 2 amide bonds. The van der Waals surface area contributed by atoms with Gasteiger partial charge in [-0.15, -0.1) is 12.4 Å².